The van der Waals surface area contributed by atoms with E-state index < -0.39 is 23.2 Å². The molecule has 0 radical (unpaired) electrons. The summed E-state index contributed by atoms with van der Waals surface area (Å²) in [6.45, 7) is 2.14. The number of rotatable bonds is 5. The van der Waals surface area contributed by atoms with Crippen molar-refractivity contribution in [1.82, 2.24) is 0 Å². The number of nitriles is 1. The van der Waals surface area contributed by atoms with Gasteiger partial charge in [-0.15, -0.1) is 0 Å². The third-order valence-corrected chi connectivity index (χ3v) is 3.37. The molecular formula is C19H15F3N2O2. The van der Waals surface area contributed by atoms with E-state index in [0.717, 1.165) is 12.1 Å². The van der Waals surface area contributed by atoms with Crippen molar-refractivity contribution in [2.75, 3.05) is 11.9 Å². The maximum absolute atomic E-state index is 13.1. The number of carbonyl (C=O) groups is 1. The molecule has 0 aliphatic heterocycles. The Morgan fingerprint density at radius 2 is 1.85 bits per heavy atom. The zero-order valence-corrected chi connectivity index (χ0v) is 13.8. The molecule has 0 aliphatic rings. The summed E-state index contributed by atoms with van der Waals surface area (Å²) < 4.78 is 44.5. The summed E-state index contributed by atoms with van der Waals surface area (Å²) in [7, 11) is 0. The number of nitrogens with one attached hydrogen (secondary N) is 1. The van der Waals surface area contributed by atoms with Gasteiger partial charge in [0.25, 0.3) is 5.91 Å². The highest BCUT2D eigenvalue weighted by atomic mass is 19.4. The zero-order valence-electron chi connectivity index (χ0n) is 13.8. The first kappa shape index (κ1) is 19.1. The number of carbonyl (C=O) groups excluding carboxylic acids is 1. The van der Waals surface area contributed by atoms with Gasteiger partial charge in [0.15, 0.2) is 0 Å². The van der Waals surface area contributed by atoms with Gasteiger partial charge < -0.3 is 10.1 Å². The molecule has 2 aromatic rings. The summed E-state index contributed by atoms with van der Waals surface area (Å²) in [5, 5.41) is 11.7. The van der Waals surface area contributed by atoms with Crippen LogP contribution in [-0.4, -0.2) is 12.5 Å². The molecule has 0 bridgehead atoms. The fraction of sp³-hybridized carbons (Fsp3) is 0.158. The van der Waals surface area contributed by atoms with Crippen molar-refractivity contribution in [2.24, 2.45) is 0 Å². The average Bonchev–Trinajstić information content (AvgIpc) is 2.61. The molecule has 0 fully saturated rings. The van der Waals surface area contributed by atoms with Crippen LogP contribution in [0.5, 0.6) is 5.75 Å². The van der Waals surface area contributed by atoms with E-state index in [1.165, 1.54) is 18.2 Å². The number of halogens is 3. The third kappa shape index (κ3) is 4.63. The fourth-order valence-corrected chi connectivity index (χ4v) is 2.23. The van der Waals surface area contributed by atoms with Crippen molar-refractivity contribution in [3.63, 3.8) is 0 Å². The lowest BCUT2D eigenvalue weighted by Crippen LogP contribution is -2.15. The van der Waals surface area contributed by atoms with E-state index in [1.54, 1.807) is 37.3 Å². The molecule has 4 nitrogen and oxygen atoms in total. The monoisotopic (exact) mass is 360 g/mol. The van der Waals surface area contributed by atoms with Crippen LogP contribution in [0.25, 0.3) is 6.08 Å². The Bertz CT molecular complexity index is 868. The number of alkyl halides is 3. The second-order valence-corrected chi connectivity index (χ2v) is 5.14. The van der Waals surface area contributed by atoms with Crippen molar-refractivity contribution in [2.45, 2.75) is 13.1 Å². The number of hydrogen-bond donors (Lipinski definition) is 1. The van der Waals surface area contributed by atoms with E-state index in [4.69, 9.17) is 4.74 Å². The van der Waals surface area contributed by atoms with Crippen molar-refractivity contribution < 1.29 is 22.7 Å². The van der Waals surface area contributed by atoms with Crippen molar-refractivity contribution in [3.8, 4) is 11.8 Å². The largest absolute Gasteiger partial charge is 0.492 e. The summed E-state index contributed by atoms with van der Waals surface area (Å²) in [5.41, 5.74) is -1.31. The smallest absolute Gasteiger partial charge is 0.416 e. The normalized spacial score (nSPS) is 11.6. The number of hydrogen-bond acceptors (Lipinski definition) is 3. The molecule has 7 heteroatoms. The maximum atomic E-state index is 13.1. The highest BCUT2D eigenvalue weighted by Gasteiger charge is 2.32. The molecule has 0 atom stereocenters. The molecule has 0 aliphatic carbocycles. The molecule has 1 N–H and O–H groups in total. The lowest BCUT2D eigenvalue weighted by Gasteiger charge is -2.12. The Labute approximate surface area is 148 Å². The summed E-state index contributed by atoms with van der Waals surface area (Å²) >= 11 is 0. The first-order chi connectivity index (χ1) is 12.4. The molecule has 0 spiro atoms. The number of ether oxygens (including phenoxy) is 1. The van der Waals surface area contributed by atoms with E-state index in [-0.39, 0.29) is 5.56 Å². The van der Waals surface area contributed by atoms with Crippen LogP contribution in [0, 0.1) is 11.3 Å². The molecule has 0 saturated carbocycles. The lowest BCUT2D eigenvalue weighted by atomic mass is 10.0. The summed E-state index contributed by atoms with van der Waals surface area (Å²) in [5.74, 6) is -0.423. The average molecular weight is 360 g/mol. The van der Waals surface area contributed by atoms with Crippen LogP contribution in [0.1, 0.15) is 18.1 Å². The van der Waals surface area contributed by atoms with Crippen molar-refractivity contribution in [1.29, 1.82) is 5.26 Å². The predicted octanol–water partition coefficient (Wildman–Crippen LogP) is 4.65. The predicted molar refractivity (Wildman–Crippen MR) is 91.3 cm³/mol. The van der Waals surface area contributed by atoms with Gasteiger partial charge in [-0.2, -0.15) is 18.4 Å². The Morgan fingerprint density at radius 1 is 1.19 bits per heavy atom. The Morgan fingerprint density at radius 3 is 2.50 bits per heavy atom. The Balaban J connectivity index is 2.34. The lowest BCUT2D eigenvalue weighted by molar-refractivity contribution is -0.137. The van der Waals surface area contributed by atoms with Crippen LogP contribution < -0.4 is 10.1 Å². The second-order valence-electron chi connectivity index (χ2n) is 5.14. The molecule has 0 unspecified atom stereocenters. The quantitative estimate of drug-likeness (QED) is 0.624. The number of benzene rings is 2. The second kappa shape index (κ2) is 8.21. The van der Waals surface area contributed by atoms with Gasteiger partial charge >= 0.3 is 6.18 Å². The molecule has 26 heavy (non-hydrogen) atoms. The number of anilines is 1. The van der Waals surface area contributed by atoms with Crippen LogP contribution in [0.15, 0.2) is 54.1 Å². The Hall–Kier alpha value is -3.27. The minimum absolute atomic E-state index is 0.259. The molecule has 134 valence electrons. The van der Waals surface area contributed by atoms with Crippen LogP contribution in [0.3, 0.4) is 0 Å². The van der Waals surface area contributed by atoms with E-state index in [2.05, 4.69) is 5.32 Å². The van der Waals surface area contributed by atoms with Crippen molar-refractivity contribution >= 4 is 17.7 Å². The van der Waals surface area contributed by atoms with Gasteiger partial charge in [-0.3, -0.25) is 4.79 Å². The summed E-state index contributed by atoms with van der Waals surface area (Å²) in [4.78, 5) is 12.3. The number of nitrogens with zero attached hydrogens (tertiary/aromatic N) is 1. The van der Waals surface area contributed by atoms with Crippen LogP contribution >= 0.6 is 0 Å². The molecular weight excluding hydrogens is 345 g/mol. The van der Waals surface area contributed by atoms with Gasteiger partial charge in [0.05, 0.1) is 17.9 Å². The van der Waals surface area contributed by atoms with E-state index >= 15 is 0 Å². The number of para-hydroxylation sites is 2. The van der Waals surface area contributed by atoms with E-state index in [1.807, 2.05) is 0 Å². The van der Waals surface area contributed by atoms with Gasteiger partial charge in [-0.05, 0) is 36.8 Å². The standard InChI is InChI=1S/C19H15F3N2O2/c1-2-26-17-10-6-5-9-16(17)24-18(25)14(12-23)11-13-7-3-4-8-15(13)19(20,21)22/h3-11H,2H2,1H3,(H,24,25)/b14-11+. The highest BCUT2D eigenvalue weighted by Crippen LogP contribution is 2.33. The molecule has 0 aromatic heterocycles. The van der Waals surface area contributed by atoms with Crippen LogP contribution in [-0.2, 0) is 11.0 Å². The zero-order chi connectivity index (χ0) is 19.2. The van der Waals surface area contributed by atoms with Gasteiger partial charge in [-0.1, -0.05) is 30.3 Å². The molecule has 2 rings (SSSR count). The van der Waals surface area contributed by atoms with Gasteiger partial charge in [0.1, 0.15) is 17.4 Å². The number of amides is 1. The summed E-state index contributed by atoms with van der Waals surface area (Å²) in [6.07, 6.45) is -3.67. The first-order valence-electron chi connectivity index (χ1n) is 7.68. The van der Waals surface area contributed by atoms with Crippen LogP contribution in [0.2, 0.25) is 0 Å². The molecule has 1 amide bonds. The van der Waals surface area contributed by atoms with Crippen LogP contribution in [0.4, 0.5) is 18.9 Å². The van der Waals surface area contributed by atoms with E-state index in [9.17, 15) is 23.2 Å². The molecule has 0 saturated heterocycles. The fourth-order valence-electron chi connectivity index (χ4n) is 2.23. The first-order valence-corrected chi connectivity index (χ1v) is 7.68. The van der Waals surface area contributed by atoms with Gasteiger partial charge in [0.2, 0.25) is 0 Å². The topological polar surface area (TPSA) is 62.1 Å². The minimum Gasteiger partial charge on any atom is -0.492 e. The summed E-state index contributed by atoms with van der Waals surface area (Å²) in [6, 6.07) is 12.9. The Kier molecular flexibility index (Phi) is 6.02. The maximum Gasteiger partial charge on any atom is 0.416 e. The van der Waals surface area contributed by atoms with Crippen molar-refractivity contribution in [3.05, 3.63) is 65.2 Å². The highest BCUT2D eigenvalue weighted by molar-refractivity contribution is 6.10. The molecule has 0 heterocycles. The van der Waals surface area contributed by atoms with Gasteiger partial charge in [0, 0.05) is 0 Å². The van der Waals surface area contributed by atoms with Gasteiger partial charge in [-0.25, -0.2) is 0 Å². The SMILES string of the molecule is CCOc1ccccc1NC(=O)/C(C#N)=C/c1ccccc1C(F)(F)F. The minimum atomic E-state index is -4.59. The van der Waals surface area contributed by atoms with E-state index in [0.29, 0.717) is 18.0 Å². The third-order valence-electron chi connectivity index (χ3n) is 3.37. The molecule has 2 aromatic carbocycles.